The molecule has 13 heavy (non-hydrogen) atoms. The first-order valence-electron chi connectivity index (χ1n) is 4.38. The Bertz CT molecular complexity index is 572. The van der Waals surface area contributed by atoms with Crippen molar-refractivity contribution in [3.8, 4) is 0 Å². The molecule has 0 aromatic carbocycles. The van der Waals surface area contributed by atoms with Crippen molar-refractivity contribution in [1.29, 1.82) is 0 Å². The summed E-state index contributed by atoms with van der Waals surface area (Å²) in [5.41, 5.74) is 3.83. The fourth-order valence-corrected chi connectivity index (χ4v) is 1.83. The zero-order valence-corrected chi connectivity index (χ0v) is 7.44. The van der Waals surface area contributed by atoms with Gasteiger partial charge in [0.1, 0.15) is 0 Å². The molecule has 0 N–H and O–H groups in total. The Hall–Kier alpha value is -1.70. The van der Waals surface area contributed by atoms with Crippen LogP contribution in [-0.4, -0.2) is 8.80 Å². The van der Waals surface area contributed by atoms with E-state index in [1.54, 1.807) is 0 Å². The number of fused-ring (bicyclic) bond motifs is 3. The van der Waals surface area contributed by atoms with Crippen LogP contribution in [0.15, 0.2) is 43.0 Å². The quantitative estimate of drug-likeness (QED) is 0.490. The van der Waals surface area contributed by atoms with E-state index in [9.17, 15) is 0 Å². The van der Waals surface area contributed by atoms with Crippen molar-refractivity contribution in [3.63, 3.8) is 0 Å². The molecule has 0 bridgehead atoms. The standard InChI is InChI=1S/C11H10N2/c1-9-7-11-10-3-2-4-12(10)5-6-13(11)8-9/h2-8H,1H3. The van der Waals surface area contributed by atoms with Crippen LogP contribution in [0.3, 0.4) is 0 Å². The van der Waals surface area contributed by atoms with E-state index in [1.807, 2.05) is 0 Å². The lowest BCUT2D eigenvalue weighted by Gasteiger charge is -1.97. The first kappa shape index (κ1) is 6.78. The van der Waals surface area contributed by atoms with Crippen molar-refractivity contribution in [2.24, 2.45) is 0 Å². The third-order valence-electron chi connectivity index (χ3n) is 2.41. The molecule has 0 atom stereocenters. The number of hydrogen-bond donors (Lipinski definition) is 0. The van der Waals surface area contributed by atoms with Crippen LogP contribution in [0.1, 0.15) is 5.56 Å². The highest BCUT2D eigenvalue weighted by Crippen LogP contribution is 2.15. The van der Waals surface area contributed by atoms with E-state index in [0.717, 1.165) is 0 Å². The highest BCUT2D eigenvalue weighted by Gasteiger charge is 2.00. The fraction of sp³-hybridized carbons (Fsp3) is 0.0909. The van der Waals surface area contributed by atoms with E-state index in [1.165, 1.54) is 16.6 Å². The maximum absolute atomic E-state index is 2.20. The molecular formula is C11H10N2. The fourth-order valence-electron chi connectivity index (χ4n) is 1.83. The molecule has 64 valence electrons. The molecule has 0 unspecified atom stereocenters. The Morgan fingerprint density at radius 1 is 1.00 bits per heavy atom. The van der Waals surface area contributed by atoms with E-state index >= 15 is 0 Å². The average molecular weight is 170 g/mol. The van der Waals surface area contributed by atoms with E-state index in [4.69, 9.17) is 0 Å². The summed E-state index contributed by atoms with van der Waals surface area (Å²) in [5, 5.41) is 0. The van der Waals surface area contributed by atoms with Crippen molar-refractivity contribution in [3.05, 3.63) is 48.5 Å². The first-order chi connectivity index (χ1) is 6.34. The summed E-state index contributed by atoms with van der Waals surface area (Å²) < 4.78 is 4.29. The molecule has 0 aliphatic rings. The Morgan fingerprint density at radius 3 is 2.77 bits per heavy atom. The van der Waals surface area contributed by atoms with E-state index in [-0.39, 0.29) is 0 Å². The molecule has 3 aromatic heterocycles. The van der Waals surface area contributed by atoms with Crippen LogP contribution in [0.4, 0.5) is 0 Å². The molecule has 0 radical (unpaired) electrons. The number of nitrogens with zero attached hydrogens (tertiary/aromatic N) is 2. The second-order valence-corrected chi connectivity index (χ2v) is 3.41. The normalized spacial score (nSPS) is 11.5. The number of aryl methyl sites for hydroxylation is 1. The van der Waals surface area contributed by atoms with E-state index in [0.29, 0.717) is 0 Å². The third-order valence-corrected chi connectivity index (χ3v) is 2.41. The highest BCUT2D eigenvalue weighted by atomic mass is 15.0. The zero-order valence-electron chi connectivity index (χ0n) is 7.44. The summed E-state index contributed by atoms with van der Waals surface area (Å²) in [6.07, 6.45) is 8.36. The van der Waals surface area contributed by atoms with Gasteiger partial charge < -0.3 is 8.80 Å². The van der Waals surface area contributed by atoms with Crippen LogP contribution in [0.5, 0.6) is 0 Å². The lowest BCUT2D eigenvalue weighted by Crippen LogP contribution is -1.86. The minimum Gasteiger partial charge on any atom is -0.320 e. The van der Waals surface area contributed by atoms with Gasteiger partial charge in [0.15, 0.2) is 0 Å². The van der Waals surface area contributed by atoms with Crippen LogP contribution < -0.4 is 0 Å². The van der Waals surface area contributed by atoms with E-state index in [2.05, 4.69) is 58.7 Å². The predicted molar refractivity (Wildman–Crippen MR) is 53.1 cm³/mol. The Kier molecular flexibility index (Phi) is 1.13. The maximum atomic E-state index is 2.20. The number of rotatable bonds is 0. The molecule has 0 spiro atoms. The molecule has 2 nitrogen and oxygen atoms in total. The third kappa shape index (κ3) is 0.827. The molecule has 2 heteroatoms. The van der Waals surface area contributed by atoms with Gasteiger partial charge >= 0.3 is 0 Å². The topological polar surface area (TPSA) is 8.82 Å². The van der Waals surface area contributed by atoms with E-state index < -0.39 is 0 Å². The summed E-state index contributed by atoms with van der Waals surface area (Å²) in [5.74, 6) is 0. The summed E-state index contributed by atoms with van der Waals surface area (Å²) in [6, 6.07) is 6.40. The van der Waals surface area contributed by atoms with Gasteiger partial charge in [-0.2, -0.15) is 0 Å². The number of aromatic nitrogens is 2. The summed E-state index contributed by atoms with van der Waals surface area (Å²) in [6.45, 7) is 2.12. The van der Waals surface area contributed by atoms with Gasteiger partial charge in [0.2, 0.25) is 0 Å². The van der Waals surface area contributed by atoms with Gasteiger partial charge in [-0.25, -0.2) is 0 Å². The molecule has 0 fully saturated rings. The van der Waals surface area contributed by atoms with Crippen molar-refractivity contribution < 1.29 is 0 Å². The van der Waals surface area contributed by atoms with Gasteiger partial charge in [0.05, 0.1) is 11.0 Å². The minimum absolute atomic E-state index is 1.26. The van der Waals surface area contributed by atoms with Crippen molar-refractivity contribution in [2.75, 3.05) is 0 Å². The van der Waals surface area contributed by atoms with Gasteiger partial charge in [0.25, 0.3) is 0 Å². The molecule has 3 aromatic rings. The van der Waals surface area contributed by atoms with Crippen molar-refractivity contribution in [2.45, 2.75) is 6.92 Å². The van der Waals surface area contributed by atoms with Crippen LogP contribution >= 0.6 is 0 Å². The van der Waals surface area contributed by atoms with Gasteiger partial charge in [-0.15, -0.1) is 0 Å². The largest absolute Gasteiger partial charge is 0.320 e. The smallest absolute Gasteiger partial charge is 0.0695 e. The van der Waals surface area contributed by atoms with Crippen LogP contribution in [-0.2, 0) is 0 Å². The van der Waals surface area contributed by atoms with Crippen molar-refractivity contribution >= 4 is 11.0 Å². The predicted octanol–water partition coefficient (Wildman–Crippen LogP) is 2.50. The highest BCUT2D eigenvalue weighted by molar-refractivity contribution is 5.76. The summed E-state index contributed by atoms with van der Waals surface area (Å²) in [4.78, 5) is 0. The summed E-state index contributed by atoms with van der Waals surface area (Å²) in [7, 11) is 0. The zero-order chi connectivity index (χ0) is 8.84. The van der Waals surface area contributed by atoms with Crippen LogP contribution in [0.25, 0.3) is 11.0 Å². The molecular weight excluding hydrogens is 160 g/mol. The lowest BCUT2D eigenvalue weighted by atomic mass is 10.3. The minimum atomic E-state index is 1.26. The summed E-state index contributed by atoms with van der Waals surface area (Å²) >= 11 is 0. The van der Waals surface area contributed by atoms with Gasteiger partial charge in [0, 0.05) is 24.8 Å². The Labute approximate surface area is 76.0 Å². The van der Waals surface area contributed by atoms with Gasteiger partial charge in [-0.1, -0.05) is 0 Å². The van der Waals surface area contributed by atoms with Crippen LogP contribution in [0, 0.1) is 6.92 Å². The van der Waals surface area contributed by atoms with Crippen LogP contribution in [0.2, 0.25) is 0 Å². The Balaban J connectivity index is 2.64. The Morgan fingerprint density at radius 2 is 1.85 bits per heavy atom. The van der Waals surface area contributed by atoms with Gasteiger partial charge in [-0.3, -0.25) is 0 Å². The maximum Gasteiger partial charge on any atom is 0.0695 e. The SMILES string of the molecule is Cc1cc2c3cccn3ccn2c1. The molecule has 3 heterocycles. The molecule has 0 amide bonds. The average Bonchev–Trinajstić information content (AvgIpc) is 2.65. The first-order valence-corrected chi connectivity index (χ1v) is 4.38. The molecule has 0 aliphatic carbocycles. The number of hydrogen-bond acceptors (Lipinski definition) is 0. The van der Waals surface area contributed by atoms with Crippen molar-refractivity contribution in [1.82, 2.24) is 8.80 Å². The monoisotopic (exact) mass is 170 g/mol. The molecule has 0 saturated heterocycles. The molecule has 0 saturated carbocycles. The van der Waals surface area contributed by atoms with Gasteiger partial charge in [-0.05, 0) is 30.7 Å². The molecule has 3 rings (SSSR count). The second-order valence-electron chi connectivity index (χ2n) is 3.41. The lowest BCUT2D eigenvalue weighted by molar-refractivity contribution is 1.10. The molecule has 0 aliphatic heterocycles. The second kappa shape index (κ2) is 2.16.